The van der Waals surface area contributed by atoms with Gasteiger partial charge in [0.15, 0.2) is 0 Å². The van der Waals surface area contributed by atoms with E-state index in [0.29, 0.717) is 6.04 Å². The fraction of sp³-hybridized carbons (Fsp3) is 0.500. The van der Waals surface area contributed by atoms with E-state index in [0.717, 1.165) is 24.5 Å². The van der Waals surface area contributed by atoms with E-state index in [1.165, 1.54) is 10.5 Å². The van der Waals surface area contributed by atoms with Crippen LogP contribution < -0.4 is 10.1 Å². The second-order valence-corrected chi connectivity index (χ2v) is 4.77. The molecule has 0 spiro atoms. The Morgan fingerprint density at radius 3 is 3.00 bits per heavy atom. The predicted octanol–water partition coefficient (Wildman–Crippen LogP) is 2.74. The maximum absolute atomic E-state index is 5.40. The summed E-state index contributed by atoms with van der Waals surface area (Å²) >= 11 is 1.92. The highest BCUT2D eigenvalue weighted by atomic mass is 35.5. The lowest BCUT2D eigenvalue weighted by Crippen LogP contribution is -2.35. The number of fused-ring (bicyclic) bond motifs is 1. The maximum Gasteiger partial charge on any atom is 0.123 e. The zero-order valence-electron chi connectivity index (χ0n) is 9.66. The molecule has 1 heterocycles. The first-order chi connectivity index (χ1) is 7.35. The summed E-state index contributed by atoms with van der Waals surface area (Å²) in [4.78, 5) is 1.38. The third-order valence-electron chi connectivity index (χ3n) is 2.69. The topological polar surface area (TPSA) is 21.3 Å². The van der Waals surface area contributed by atoms with Gasteiger partial charge >= 0.3 is 0 Å². The molecule has 0 fully saturated rings. The minimum atomic E-state index is 0. The van der Waals surface area contributed by atoms with E-state index in [1.807, 2.05) is 17.8 Å². The van der Waals surface area contributed by atoms with Gasteiger partial charge in [0.05, 0.1) is 7.11 Å². The van der Waals surface area contributed by atoms with E-state index >= 15 is 0 Å². The van der Waals surface area contributed by atoms with Crippen LogP contribution in [0.5, 0.6) is 5.75 Å². The van der Waals surface area contributed by atoms with E-state index in [9.17, 15) is 0 Å². The molecule has 0 amide bonds. The fourth-order valence-electron chi connectivity index (χ4n) is 1.99. The molecule has 2 nitrogen and oxygen atoms in total. The van der Waals surface area contributed by atoms with Crippen molar-refractivity contribution in [1.29, 1.82) is 0 Å². The minimum Gasteiger partial charge on any atom is -0.496 e. The SMILES string of the molecule is CCNC1CSc2cccc(OC)c2C1.Cl. The number of likely N-dealkylation sites (N-methyl/N-ethyl adjacent to an activating group) is 1. The average molecular weight is 260 g/mol. The molecule has 16 heavy (non-hydrogen) atoms. The summed E-state index contributed by atoms with van der Waals surface area (Å²) in [7, 11) is 1.75. The van der Waals surface area contributed by atoms with Gasteiger partial charge in [0.25, 0.3) is 0 Å². The summed E-state index contributed by atoms with van der Waals surface area (Å²) < 4.78 is 5.40. The molecule has 0 saturated carbocycles. The number of rotatable bonds is 3. The number of nitrogens with one attached hydrogen (secondary N) is 1. The van der Waals surface area contributed by atoms with Crippen molar-refractivity contribution in [2.24, 2.45) is 0 Å². The number of methoxy groups -OCH3 is 1. The second-order valence-electron chi connectivity index (χ2n) is 3.71. The van der Waals surface area contributed by atoms with Crippen LogP contribution in [0.3, 0.4) is 0 Å². The monoisotopic (exact) mass is 259 g/mol. The van der Waals surface area contributed by atoms with E-state index in [2.05, 4.69) is 24.4 Å². The van der Waals surface area contributed by atoms with E-state index in [-0.39, 0.29) is 12.4 Å². The lowest BCUT2D eigenvalue weighted by atomic mass is 10.1. The normalized spacial score (nSPS) is 18.5. The Hall–Kier alpha value is -0.380. The van der Waals surface area contributed by atoms with Gasteiger partial charge in [-0.25, -0.2) is 0 Å². The summed E-state index contributed by atoms with van der Waals surface area (Å²) in [5, 5.41) is 3.50. The quantitative estimate of drug-likeness (QED) is 0.902. The van der Waals surface area contributed by atoms with Crippen LogP contribution in [0, 0.1) is 0 Å². The minimum absolute atomic E-state index is 0. The molecule has 1 unspecified atom stereocenters. The molecule has 0 saturated heterocycles. The van der Waals surface area contributed by atoms with Crippen molar-refractivity contribution in [3.05, 3.63) is 23.8 Å². The van der Waals surface area contributed by atoms with Gasteiger partial charge in [-0.3, -0.25) is 0 Å². The van der Waals surface area contributed by atoms with Crippen LogP contribution in [-0.4, -0.2) is 25.4 Å². The number of benzene rings is 1. The largest absolute Gasteiger partial charge is 0.496 e. The van der Waals surface area contributed by atoms with Crippen molar-refractivity contribution in [3.8, 4) is 5.75 Å². The van der Waals surface area contributed by atoms with Gasteiger partial charge in [-0.1, -0.05) is 13.0 Å². The number of ether oxygens (including phenoxy) is 1. The molecule has 1 aliphatic heterocycles. The van der Waals surface area contributed by atoms with Crippen molar-refractivity contribution in [2.45, 2.75) is 24.3 Å². The first kappa shape index (κ1) is 13.7. The molecule has 1 N–H and O–H groups in total. The van der Waals surface area contributed by atoms with Gasteiger partial charge in [-0.2, -0.15) is 0 Å². The third-order valence-corrected chi connectivity index (χ3v) is 3.96. The van der Waals surface area contributed by atoms with Crippen molar-refractivity contribution in [2.75, 3.05) is 19.4 Å². The first-order valence-electron chi connectivity index (χ1n) is 5.37. The zero-order chi connectivity index (χ0) is 10.7. The van der Waals surface area contributed by atoms with Gasteiger partial charge in [0.2, 0.25) is 0 Å². The number of hydrogen-bond donors (Lipinski definition) is 1. The highest BCUT2D eigenvalue weighted by Gasteiger charge is 2.20. The molecule has 2 rings (SSSR count). The summed E-state index contributed by atoms with van der Waals surface area (Å²) in [5.41, 5.74) is 1.36. The lowest BCUT2D eigenvalue weighted by molar-refractivity contribution is 0.404. The maximum atomic E-state index is 5.40. The lowest BCUT2D eigenvalue weighted by Gasteiger charge is -2.25. The van der Waals surface area contributed by atoms with Crippen LogP contribution in [0.1, 0.15) is 12.5 Å². The van der Waals surface area contributed by atoms with Crippen molar-refractivity contribution < 1.29 is 4.74 Å². The molecule has 0 radical (unpaired) electrons. The molecular weight excluding hydrogens is 242 g/mol. The third kappa shape index (κ3) is 2.84. The molecule has 1 aromatic carbocycles. The molecule has 1 aromatic rings. The molecule has 0 aliphatic carbocycles. The number of thioether (sulfide) groups is 1. The average Bonchev–Trinajstić information content (AvgIpc) is 2.28. The molecular formula is C12H18ClNOS. The van der Waals surface area contributed by atoms with Crippen LogP contribution >= 0.6 is 24.2 Å². The van der Waals surface area contributed by atoms with Crippen LogP contribution in [0.25, 0.3) is 0 Å². The fourth-order valence-corrected chi connectivity index (χ4v) is 3.14. The van der Waals surface area contributed by atoms with Gasteiger partial charge < -0.3 is 10.1 Å². The summed E-state index contributed by atoms with van der Waals surface area (Å²) in [5.74, 6) is 2.19. The van der Waals surface area contributed by atoms with Gasteiger partial charge in [0, 0.05) is 22.3 Å². The zero-order valence-corrected chi connectivity index (χ0v) is 11.3. The van der Waals surface area contributed by atoms with Crippen LogP contribution in [0.4, 0.5) is 0 Å². The Balaban J connectivity index is 0.00000128. The highest BCUT2D eigenvalue weighted by Crippen LogP contribution is 2.35. The van der Waals surface area contributed by atoms with Gasteiger partial charge in [-0.05, 0) is 25.1 Å². The van der Waals surface area contributed by atoms with Crippen molar-refractivity contribution >= 4 is 24.2 Å². The second kappa shape index (κ2) is 6.38. The molecule has 4 heteroatoms. The Kier molecular flexibility index (Phi) is 5.46. The van der Waals surface area contributed by atoms with Crippen LogP contribution in [0.15, 0.2) is 23.1 Å². The highest BCUT2D eigenvalue weighted by molar-refractivity contribution is 7.99. The Morgan fingerprint density at radius 2 is 2.31 bits per heavy atom. The molecule has 1 aliphatic rings. The summed E-state index contributed by atoms with van der Waals surface area (Å²) in [6.45, 7) is 3.19. The summed E-state index contributed by atoms with van der Waals surface area (Å²) in [6, 6.07) is 6.89. The van der Waals surface area contributed by atoms with E-state index < -0.39 is 0 Å². The first-order valence-corrected chi connectivity index (χ1v) is 6.35. The molecule has 0 aromatic heterocycles. The Labute approximate surface area is 108 Å². The van der Waals surface area contributed by atoms with Crippen molar-refractivity contribution in [3.63, 3.8) is 0 Å². The smallest absolute Gasteiger partial charge is 0.123 e. The predicted molar refractivity (Wildman–Crippen MR) is 72.1 cm³/mol. The van der Waals surface area contributed by atoms with Crippen LogP contribution in [0.2, 0.25) is 0 Å². The molecule has 0 bridgehead atoms. The Bertz CT molecular complexity index is 332. The standard InChI is InChI=1S/C12H17NOS.ClH/c1-3-13-9-7-10-11(14-2)5-4-6-12(10)15-8-9;/h4-6,9,13H,3,7-8H2,1-2H3;1H. The van der Waals surface area contributed by atoms with Crippen LogP contribution in [-0.2, 0) is 6.42 Å². The number of halogens is 1. The molecule has 1 atom stereocenters. The molecule has 90 valence electrons. The van der Waals surface area contributed by atoms with E-state index in [1.54, 1.807) is 7.11 Å². The van der Waals surface area contributed by atoms with E-state index in [4.69, 9.17) is 4.74 Å². The Morgan fingerprint density at radius 1 is 1.50 bits per heavy atom. The van der Waals surface area contributed by atoms with Crippen molar-refractivity contribution in [1.82, 2.24) is 5.32 Å². The van der Waals surface area contributed by atoms with Gasteiger partial charge in [-0.15, -0.1) is 24.2 Å². The number of hydrogen-bond acceptors (Lipinski definition) is 3. The van der Waals surface area contributed by atoms with Gasteiger partial charge in [0.1, 0.15) is 5.75 Å². The summed E-state index contributed by atoms with van der Waals surface area (Å²) in [6.07, 6.45) is 1.08.